The van der Waals surface area contributed by atoms with Crippen LogP contribution in [0.5, 0.6) is 0 Å². The molecule has 1 aromatic heterocycles. The molecular formula is C21H25F3N4O4S. The maximum Gasteiger partial charge on any atom is 0.433 e. The molecule has 2 amide bonds. The van der Waals surface area contributed by atoms with Crippen LogP contribution in [0.2, 0.25) is 0 Å². The second kappa shape index (κ2) is 7.57. The Labute approximate surface area is 190 Å². The van der Waals surface area contributed by atoms with Crippen LogP contribution in [0.1, 0.15) is 44.2 Å². The number of amides is 2. The van der Waals surface area contributed by atoms with Gasteiger partial charge in [-0.25, -0.2) is 13.4 Å². The third-order valence-electron chi connectivity index (χ3n) is 7.95. The van der Waals surface area contributed by atoms with E-state index in [0.29, 0.717) is 18.8 Å². The minimum atomic E-state index is -4.71. The van der Waals surface area contributed by atoms with Gasteiger partial charge in [-0.2, -0.15) is 13.2 Å². The van der Waals surface area contributed by atoms with E-state index in [1.54, 1.807) is 0 Å². The van der Waals surface area contributed by atoms with Crippen molar-refractivity contribution in [3.63, 3.8) is 0 Å². The molecular weight excluding hydrogens is 461 g/mol. The molecule has 12 heteroatoms. The van der Waals surface area contributed by atoms with Crippen LogP contribution in [0, 0.1) is 29.1 Å². The summed E-state index contributed by atoms with van der Waals surface area (Å²) in [5.74, 6) is -0.832. The molecule has 8 nitrogen and oxygen atoms in total. The van der Waals surface area contributed by atoms with Crippen molar-refractivity contribution in [2.75, 3.05) is 4.31 Å². The number of anilines is 1. The summed E-state index contributed by atoms with van der Waals surface area (Å²) in [6, 6.07) is 2.19. The normalized spacial score (nSPS) is 36.6. The minimum Gasteiger partial charge on any atom is -0.369 e. The molecule has 0 spiro atoms. The number of rotatable bonds is 6. The van der Waals surface area contributed by atoms with E-state index in [4.69, 9.17) is 5.73 Å². The van der Waals surface area contributed by atoms with Gasteiger partial charge in [-0.3, -0.25) is 13.9 Å². The van der Waals surface area contributed by atoms with Crippen molar-refractivity contribution in [2.24, 2.45) is 34.8 Å². The lowest BCUT2D eigenvalue weighted by molar-refractivity contribution is -0.147. The summed E-state index contributed by atoms with van der Waals surface area (Å²) in [6.45, 7) is 0. The molecule has 5 aliphatic carbocycles. The van der Waals surface area contributed by atoms with Crippen LogP contribution < -0.4 is 15.4 Å². The Hall–Kier alpha value is -2.37. The molecule has 1 aromatic rings. The second-order valence-electron chi connectivity index (χ2n) is 10.0. The lowest BCUT2D eigenvalue weighted by Crippen LogP contribution is -2.62. The largest absolute Gasteiger partial charge is 0.433 e. The molecule has 0 radical (unpaired) electrons. The van der Waals surface area contributed by atoms with Crippen molar-refractivity contribution < 1.29 is 31.2 Å². The number of alkyl halides is 3. The summed E-state index contributed by atoms with van der Waals surface area (Å²) in [5.41, 5.74) is 4.03. The highest BCUT2D eigenvalue weighted by Crippen LogP contribution is 2.60. The van der Waals surface area contributed by atoms with Gasteiger partial charge in [0, 0.05) is 11.5 Å². The SMILES string of the molecule is NC(=O)C12CC3CC(C1)C(NC(=O)C1CC1N(c1cccc(C(F)(F)F)n1)[SH](=O)=O)C(C3)C2. The average Bonchev–Trinajstić information content (AvgIpc) is 3.50. The molecule has 5 aliphatic rings. The Kier molecular flexibility index (Phi) is 5.15. The van der Waals surface area contributed by atoms with Crippen LogP contribution >= 0.6 is 0 Å². The van der Waals surface area contributed by atoms with Crippen molar-refractivity contribution in [1.29, 1.82) is 0 Å². The average molecular weight is 487 g/mol. The molecule has 0 saturated heterocycles. The highest BCUT2D eigenvalue weighted by Gasteiger charge is 2.59. The van der Waals surface area contributed by atoms with E-state index < -0.39 is 40.1 Å². The van der Waals surface area contributed by atoms with Crippen LogP contribution in [0.25, 0.3) is 0 Å². The zero-order valence-electron chi connectivity index (χ0n) is 17.6. The van der Waals surface area contributed by atoms with Gasteiger partial charge in [0.2, 0.25) is 22.7 Å². The molecule has 6 rings (SSSR count). The fourth-order valence-electron chi connectivity index (χ4n) is 6.65. The topological polar surface area (TPSA) is 122 Å². The first-order chi connectivity index (χ1) is 15.5. The molecule has 1 heterocycles. The third-order valence-corrected chi connectivity index (χ3v) is 8.80. The first-order valence-electron chi connectivity index (χ1n) is 11.1. The molecule has 33 heavy (non-hydrogen) atoms. The van der Waals surface area contributed by atoms with Crippen LogP contribution in [0.4, 0.5) is 19.0 Å². The number of nitrogens with zero attached hydrogens (tertiary/aromatic N) is 2. The Balaban J connectivity index is 1.29. The summed E-state index contributed by atoms with van der Waals surface area (Å²) >= 11 is 0. The molecule has 180 valence electrons. The quantitative estimate of drug-likeness (QED) is 0.528. The van der Waals surface area contributed by atoms with Gasteiger partial charge in [-0.05, 0) is 68.4 Å². The number of carbonyl (C=O) groups is 2. The Morgan fingerprint density at radius 2 is 1.79 bits per heavy atom. The summed E-state index contributed by atoms with van der Waals surface area (Å²) in [4.78, 5) is 28.5. The van der Waals surface area contributed by atoms with E-state index >= 15 is 0 Å². The number of pyridine rings is 1. The number of carbonyl (C=O) groups excluding carboxylic acids is 2. The highest BCUT2D eigenvalue weighted by molar-refractivity contribution is 7.74. The van der Waals surface area contributed by atoms with Crippen molar-refractivity contribution in [3.8, 4) is 0 Å². The monoisotopic (exact) mass is 486 g/mol. The molecule has 3 N–H and O–H groups in total. The number of halogens is 3. The molecule has 4 atom stereocenters. The van der Waals surface area contributed by atoms with Crippen LogP contribution in [0.15, 0.2) is 18.2 Å². The maximum atomic E-state index is 13.0. The summed E-state index contributed by atoms with van der Waals surface area (Å²) < 4.78 is 63.5. The van der Waals surface area contributed by atoms with Crippen molar-refractivity contribution in [3.05, 3.63) is 23.9 Å². The van der Waals surface area contributed by atoms with Gasteiger partial charge in [-0.1, -0.05) is 6.07 Å². The standard InChI is InChI=1S/C21H25F3N4O4S/c22-21(23,24)15-2-1-3-16(26-15)28(33(31)32)14-6-13(14)18(29)27-17-11-4-10-5-12(17)9-20(7-10,8-11)19(25)30/h1-3,10-14,17,33H,4-9H2,(H2,25,30)(H,27,29). The number of nitrogens with two attached hydrogens (primary N) is 1. The van der Waals surface area contributed by atoms with Gasteiger partial charge < -0.3 is 11.1 Å². The van der Waals surface area contributed by atoms with E-state index in [1.165, 1.54) is 6.07 Å². The van der Waals surface area contributed by atoms with E-state index in [2.05, 4.69) is 10.3 Å². The van der Waals surface area contributed by atoms with Gasteiger partial charge in [0.25, 0.3) is 0 Å². The van der Waals surface area contributed by atoms with Gasteiger partial charge in [0.1, 0.15) is 11.5 Å². The van der Waals surface area contributed by atoms with Crippen molar-refractivity contribution in [2.45, 2.75) is 56.8 Å². The molecule has 0 aliphatic heterocycles. The number of hydrogen-bond acceptors (Lipinski definition) is 5. The number of aromatic nitrogens is 1. The third kappa shape index (κ3) is 3.85. The fourth-order valence-corrected chi connectivity index (χ4v) is 7.43. The smallest absolute Gasteiger partial charge is 0.369 e. The molecule has 5 saturated carbocycles. The first kappa shape index (κ1) is 22.4. The van der Waals surface area contributed by atoms with E-state index in [0.717, 1.165) is 35.7 Å². The van der Waals surface area contributed by atoms with E-state index in [1.807, 2.05) is 0 Å². The van der Waals surface area contributed by atoms with Gasteiger partial charge in [0.05, 0.1) is 12.0 Å². The van der Waals surface area contributed by atoms with Crippen LogP contribution in [-0.2, 0) is 26.7 Å². The lowest BCUT2D eigenvalue weighted by atomic mass is 9.47. The molecule has 0 aromatic carbocycles. The molecule has 4 bridgehead atoms. The van der Waals surface area contributed by atoms with Gasteiger partial charge in [0.15, 0.2) is 0 Å². The Bertz CT molecular complexity index is 1050. The van der Waals surface area contributed by atoms with Crippen molar-refractivity contribution in [1.82, 2.24) is 10.3 Å². The predicted molar refractivity (Wildman–Crippen MR) is 111 cm³/mol. The number of primary amides is 1. The van der Waals surface area contributed by atoms with Crippen LogP contribution in [0.3, 0.4) is 0 Å². The molecule has 4 unspecified atom stereocenters. The van der Waals surface area contributed by atoms with Gasteiger partial charge in [-0.15, -0.1) is 0 Å². The summed E-state index contributed by atoms with van der Waals surface area (Å²) in [7, 11) is -3.29. The summed E-state index contributed by atoms with van der Waals surface area (Å²) in [6.07, 6.45) is -0.520. The van der Waals surface area contributed by atoms with E-state index in [-0.39, 0.29) is 41.9 Å². The van der Waals surface area contributed by atoms with Crippen molar-refractivity contribution >= 4 is 28.5 Å². The summed E-state index contributed by atoms with van der Waals surface area (Å²) in [5, 5.41) is 3.08. The zero-order chi connectivity index (χ0) is 23.7. The Morgan fingerprint density at radius 3 is 2.36 bits per heavy atom. The molecule has 5 fully saturated rings. The van der Waals surface area contributed by atoms with Gasteiger partial charge >= 0.3 is 6.18 Å². The Morgan fingerprint density at radius 1 is 1.12 bits per heavy atom. The number of thiol groups is 1. The maximum absolute atomic E-state index is 13.0. The highest BCUT2D eigenvalue weighted by atomic mass is 32.2. The second-order valence-corrected chi connectivity index (χ2v) is 10.9. The fraction of sp³-hybridized carbons (Fsp3) is 0.667. The first-order valence-corrected chi connectivity index (χ1v) is 12.2. The lowest BCUT2D eigenvalue weighted by Gasteiger charge is -2.58. The zero-order valence-corrected chi connectivity index (χ0v) is 18.5. The number of hydrogen-bond donors (Lipinski definition) is 3. The predicted octanol–water partition coefficient (Wildman–Crippen LogP) is 1.62. The number of nitrogens with one attached hydrogen (secondary N) is 1. The van der Waals surface area contributed by atoms with E-state index in [9.17, 15) is 31.2 Å². The minimum absolute atomic E-state index is 0.0936. The van der Waals surface area contributed by atoms with Crippen LogP contribution in [-0.4, -0.2) is 37.3 Å².